The number of hydrogen-bond acceptors (Lipinski definition) is 5. The first-order valence-electron chi connectivity index (χ1n) is 11.6. The van der Waals surface area contributed by atoms with Crippen LogP contribution in [0.25, 0.3) is 11.1 Å². The number of aryl methyl sites for hydroxylation is 4. The van der Waals surface area contributed by atoms with E-state index in [2.05, 4.69) is 42.9 Å². The average molecular weight is 450 g/mol. The van der Waals surface area contributed by atoms with Crippen molar-refractivity contribution >= 4 is 0 Å². The molecule has 2 heterocycles. The minimum Gasteiger partial charge on any atom is -0.497 e. The zero-order chi connectivity index (χ0) is 24.1. The number of rotatable bonds is 9. The van der Waals surface area contributed by atoms with Crippen LogP contribution < -0.4 is 15.0 Å². The first-order valence-corrected chi connectivity index (χ1v) is 11.6. The Morgan fingerprint density at radius 3 is 2.55 bits per heavy atom. The van der Waals surface area contributed by atoms with Crippen LogP contribution in [-0.4, -0.2) is 28.3 Å². The van der Waals surface area contributed by atoms with Crippen LogP contribution in [0, 0.1) is 19.8 Å². The molecule has 33 heavy (non-hydrogen) atoms. The summed E-state index contributed by atoms with van der Waals surface area (Å²) in [5.74, 6) is 2.65. The normalized spacial score (nSPS) is 12.9. The molecule has 0 saturated heterocycles. The molecule has 0 N–H and O–H groups in total. The number of aromatic nitrogens is 3. The lowest BCUT2D eigenvalue weighted by atomic mass is 9.85. The molecule has 0 aliphatic heterocycles. The molecule has 0 spiro atoms. The molecule has 0 aliphatic carbocycles. The Hall–Kier alpha value is -3.15. The largest absolute Gasteiger partial charge is 0.497 e. The Labute approximate surface area is 196 Å². The number of hydrogen-bond donors (Lipinski definition) is 0. The fourth-order valence-electron chi connectivity index (χ4n) is 4.05. The lowest BCUT2D eigenvalue weighted by molar-refractivity contribution is 0.234. The van der Waals surface area contributed by atoms with Crippen molar-refractivity contribution in [3.05, 3.63) is 69.5 Å². The third kappa shape index (κ3) is 5.44. The molecule has 176 valence electrons. The molecule has 3 aromatic rings. The van der Waals surface area contributed by atoms with Crippen molar-refractivity contribution in [1.29, 1.82) is 0 Å². The van der Waals surface area contributed by atoms with Gasteiger partial charge >= 0.3 is 0 Å². The van der Waals surface area contributed by atoms with E-state index in [1.54, 1.807) is 17.9 Å². The van der Waals surface area contributed by atoms with E-state index in [1.807, 2.05) is 39.1 Å². The van der Waals surface area contributed by atoms with Crippen LogP contribution in [0.2, 0.25) is 0 Å². The zero-order valence-electron chi connectivity index (χ0n) is 20.8. The van der Waals surface area contributed by atoms with Crippen LogP contribution in [0.5, 0.6) is 11.6 Å². The maximum absolute atomic E-state index is 12.3. The van der Waals surface area contributed by atoms with E-state index in [-0.39, 0.29) is 11.5 Å². The average Bonchev–Trinajstić information content (AvgIpc) is 2.83. The van der Waals surface area contributed by atoms with Gasteiger partial charge in [0.05, 0.1) is 19.3 Å². The Bertz CT molecular complexity index is 1170. The molecule has 6 heteroatoms. The summed E-state index contributed by atoms with van der Waals surface area (Å²) in [5.41, 5.74) is 5.00. The number of pyridine rings is 1. The van der Waals surface area contributed by atoms with Gasteiger partial charge in [-0.2, -0.15) is 4.98 Å². The zero-order valence-corrected chi connectivity index (χ0v) is 20.8. The van der Waals surface area contributed by atoms with Gasteiger partial charge < -0.3 is 14.0 Å². The van der Waals surface area contributed by atoms with Crippen molar-refractivity contribution in [2.75, 3.05) is 13.7 Å². The minimum atomic E-state index is 0.0189. The molecule has 1 aromatic carbocycles. The van der Waals surface area contributed by atoms with Crippen molar-refractivity contribution < 1.29 is 9.47 Å². The van der Waals surface area contributed by atoms with E-state index < -0.39 is 0 Å². The molecular formula is C27H35N3O3. The van der Waals surface area contributed by atoms with Gasteiger partial charge in [0.15, 0.2) is 0 Å². The molecule has 3 rings (SSSR count). The highest BCUT2D eigenvalue weighted by Crippen LogP contribution is 2.32. The summed E-state index contributed by atoms with van der Waals surface area (Å²) in [4.78, 5) is 21.3. The summed E-state index contributed by atoms with van der Waals surface area (Å²) in [6.45, 7) is 13.4. The van der Waals surface area contributed by atoms with Gasteiger partial charge in [0.2, 0.25) is 5.88 Å². The monoisotopic (exact) mass is 449 g/mol. The maximum Gasteiger partial charge on any atom is 0.253 e. The first kappa shape index (κ1) is 24.5. The van der Waals surface area contributed by atoms with Gasteiger partial charge in [-0.3, -0.25) is 4.79 Å². The van der Waals surface area contributed by atoms with Gasteiger partial charge in [0, 0.05) is 30.1 Å². The fraction of sp³-hybridized carbons (Fsp3) is 0.444. The standard InChI is InChI=1S/C27H35N3O3/c1-8-21-13-23(32-7)10-11-24(21)19(5)18(4)16-33-26-25(14-28-20(6)29-26)22-12-17(3)27(31)30(9-2)15-22/h10-15,18-19H,8-9,16H2,1-7H3. The highest BCUT2D eigenvalue weighted by Gasteiger charge is 2.20. The van der Waals surface area contributed by atoms with E-state index in [1.165, 1.54) is 11.1 Å². The Balaban J connectivity index is 1.86. The van der Waals surface area contributed by atoms with Crippen molar-refractivity contribution in [2.45, 2.75) is 60.4 Å². The van der Waals surface area contributed by atoms with Crippen LogP contribution in [-0.2, 0) is 13.0 Å². The lowest BCUT2D eigenvalue weighted by Gasteiger charge is -2.24. The topological polar surface area (TPSA) is 66.2 Å². The highest BCUT2D eigenvalue weighted by molar-refractivity contribution is 5.67. The van der Waals surface area contributed by atoms with Crippen molar-refractivity contribution in [1.82, 2.24) is 14.5 Å². The quantitative estimate of drug-likeness (QED) is 0.442. The molecular weight excluding hydrogens is 414 g/mol. The molecule has 0 aliphatic rings. The molecule has 0 bridgehead atoms. The van der Waals surface area contributed by atoms with Gasteiger partial charge in [0.1, 0.15) is 11.6 Å². The van der Waals surface area contributed by atoms with E-state index in [0.29, 0.717) is 36.3 Å². The maximum atomic E-state index is 12.3. The van der Waals surface area contributed by atoms with Crippen molar-refractivity contribution in [3.8, 4) is 22.8 Å². The van der Waals surface area contributed by atoms with E-state index in [0.717, 1.165) is 23.3 Å². The van der Waals surface area contributed by atoms with Crippen molar-refractivity contribution in [2.24, 2.45) is 5.92 Å². The smallest absolute Gasteiger partial charge is 0.253 e. The van der Waals surface area contributed by atoms with Crippen LogP contribution in [0.1, 0.15) is 56.1 Å². The molecule has 0 radical (unpaired) electrons. The number of benzene rings is 1. The van der Waals surface area contributed by atoms with E-state index in [4.69, 9.17) is 9.47 Å². The van der Waals surface area contributed by atoms with Crippen LogP contribution in [0.15, 0.2) is 41.5 Å². The summed E-state index contributed by atoms with van der Waals surface area (Å²) in [6.07, 6.45) is 4.59. The summed E-state index contributed by atoms with van der Waals surface area (Å²) in [7, 11) is 1.70. The molecule has 2 unspecified atom stereocenters. The molecule has 0 saturated carbocycles. The highest BCUT2D eigenvalue weighted by atomic mass is 16.5. The predicted octanol–water partition coefficient (Wildman–Crippen LogP) is 5.33. The van der Waals surface area contributed by atoms with Gasteiger partial charge in [-0.1, -0.05) is 26.8 Å². The minimum absolute atomic E-state index is 0.0189. The Morgan fingerprint density at radius 1 is 1.12 bits per heavy atom. The predicted molar refractivity (Wildman–Crippen MR) is 132 cm³/mol. The number of methoxy groups -OCH3 is 1. The van der Waals surface area contributed by atoms with Crippen molar-refractivity contribution in [3.63, 3.8) is 0 Å². The molecule has 2 aromatic heterocycles. The molecule has 0 amide bonds. The second-order valence-corrected chi connectivity index (χ2v) is 8.63. The summed E-state index contributed by atoms with van der Waals surface area (Å²) < 4.78 is 13.4. The molecule has 2 atom stereocenters. The van der Waals surface area contributed by atoms with Gasteiger partial charge in [-0.15, -0.1) is 0 Å². The number of ether oxygens (including phenoxy) is 2. The summed E-state index contributed by atoms with van der Waals surface area (Å²) in [6, 6.07) is 8.19. The van der Waals surface area contributed by atoms with Crippen LogP contribution >= 0.6 is 0 Å². The Morgan fingerprint density at radius 2 is 1.88 bits per heavy atom. The summed E-state index contributed by atoms with van der Waals surface area (Å²) in [5, 5.41) is 0. The van der Waals surface area contributed by atoms with Gasteiger partial charge in [0.25, 0.3) is 5.56 Å². The van der Waals surface area contributed by atoms with Gasteiger partial charge in [-0.05, 0) is 68.4 Å². The second kappa shape index (κ2) is 10.6. The van der Waals surface area contributed by atoms with Gasteiger partial charge in [-0.25, -0.2) is 4.98 Å². The third-order valence-corrected chi connectivity index (χ3v) is 6.35. The van der Waals surface area contributed by atoms with Crippen LogP contribution in [0.3, 0.4) is 0 Å². The summed E-state index contributed by atoms with van der Waals surface area (Å²) >= 11 is 0. The fourth-order valence-corrected chi connectivity index (χ4v) is 4.05. The second-order valence-electron chi connectivity index (χ2n) is 8.63. The number of nitrogens with zero attached hydrogens (tertiary/aromatic N) is 3. The lowest BCUT2D eigenvalue weighted by Crippen LogP contribution is -2.21. The van der Waals surface area contributed by atoms with E-state index in [9.17, 15) is 4.79 Å². The van der Waals surface area contributed by atoms with E-state index >= 15 is 0 Å². The van der Waals surface area contributed by atoms with Crippen LogP contribution in [0.4, 0.5) is 0 Å². The SMILES string of the molecule is CCc1cc(OC)ccc1C(C)C(C)COc1nc(C)ncc1-c1cc(C)c(=O)n(CC)c1. The molecule has 0 fully saturated rings. The first-order chi connectivity index (χ1) is 15.8. The third-order valence-electron chi connectivity index (χ3n) is 6.35. The molecule has 6 nitrogen and oxygen atoms in total. The Kier molecular flexibility index (Phi) is 7.90.